The third kappa shape index (κ3) is 4.92. The molecule has 3 aromatic rings. The first-order chi connectivity index (χ1) is 13.7. The second-order valence-electron chi connectivity index (χ2n) is 7.79. The number of carbonyl (C=O) groups excluding carboxylic acids is 1. The number of nitrogen functional groups attached to an aromatic ring is 1. The second kappa shape index (κ2) is 8.47. The number of thioether (sulfide) groups is 1. The van der Waals surface area contributed by atoms with Crippen molar-refractivity contribution in [1.82, 2.24) is 14.9 Å². The first kappa shape index (κ1) is 21.2. The molecular weight excluding hydrogens is 406 g/mol. The Balaban J connectivity index is 1.90. The van der Waals surface area contributed by atoms with Gasteiger partial charge in [0, 0.05) is 16.1 Å². The number of nitrogens with one attached hydrogen (secondary N) is 1. The van der Waals surface area contributed by atoms with Gasteiger partial charge in [0.2, 0.25) is 11.1 Å². The highest BCUT2D eigenvalue weighted by Gasteiger charge is 2.28. The number of nitrogens with two attached hydrogens (primary N) is 1. The van der Waals surface area contributed by atoms with Gasteiger partial charge in [0.05, 0.1) is 0 Å². The van der Waals surface area contributed by atoms with E-state index < -0.39 is 5.25 Å². The lowest BCUT2D eigenvalue weighted by Gasteiger charge is -2.19. The molecule has 1 aromatic heterocycles. The van der Waals surface area contributed by atoms with Crippen LogP contribution in [0.5, 0.6) is 0 Å². The third-order valence-electron chi connectivity index (χ3n) is 4.34. The highest BCUT2D eigenvalue weighted by molar-refractivity contribution is 8.00. The molecule has 3 rings (SSSR count). The molecule has 0 bridgehead atoms. The lowest BCUT2D eigenvalue weighted by molar-refractivity contribution is -0.115. The van der Waals surface area contributed by atoms with E-state index in [4.69, 9.17) is 17.4 Å². The van der Waals surface area contributed by atoms with E-state index >= 15 is 0 Å². The van der Waals surface area contributed by atoms with Crippen LogP contribution in [0.25, 0.3) is 0 Å². The summed E-state index contributed by atoms with van der Waals surface area (Å²) in [6, 6.07) is 14.9. The molecule has 0 saturated heterocycles. The Morgan fingerprint density at radius 2 is 1.86 bits per heavy atom. The Kier molecular flexibility index (Phi) is 6.19. The number of anilines is 1. The second-order valence-corrected chi connectivity index (χ2v) is 9.27. The summed E-state index contributed by atoms with van der Waals surface area (Å²) in [5.74, 6) is 6.68. The van der Waals surface area contributed by atoms with Crippen molar-refractivity contribution in [2.75, 3.05) is 11.2 Å². The average Bonchev–Trinajstić information content (AvgIpc) is 3.04. The fourth-order valence-corrected chi connectivity index (χ4v) is 3.89. The van der Waals surface area contributed by atoms with Gasteiger partial charge in [0.1, 0.15) is 5.25 Å². The third-order valence-corrected chi connectivity index (χ3v) is 5.96. The normalized spacial score (nSPS) is 12.6. The number of carbonyl (C=O) groups is 1. The molecule has 0 spiro atoms. The minimum atomic E-state index is -0.560. The summed E-state index contributed by atoms with van der Waals surface area (Å²) in [5.41, 5.74) is 2.17. The fourth-order valence-electron chi connectivity index (χ4n) is 2.75. The summed E-state index contributed by atoms with van der Waals surface area (Å²) in [4.78, 5) is 13.2. The van der Waals surface area contributed by atoms with E-state index in [1.165, 1.54) is 16.4 Å². The molecule has 2 aromatic carbocycles. The fraction of sp³-hybridized carbons (Fsp3) is 0.286. The molecule has 0 aliphatic carbocycles. The summed E-state index contributed by atoms with van der Waals surface area (Å²) < 4.78 is 1.45. The maximum Gasteiger partial charge on any atom is 0.242 e. The predicted octanol–water partition coefficient (Wildman–Crippen LogP) is 4.72. The van der Waals surface area contributed by atoms with Crippen LogP contribution < -0.4 is 11.2 Å². The smallest absolute Gasteiger partial charge is 0.242 e. The van der Waals surface area contributed by atoms with Crippen molar-refractivity contribution < 1.29 is 4.79 Å². The molecule has 6 nitrogen and oxygen atoms in total. The Morgan fingerprint density at radius 3 is 2.45 bits per heavy atom. The monoisotopic (exact) mass is 429 g/mol. The van der Waals surface area contributed by atoms with Gasteiger partial charge in [-0.05, 0) is 30.2 Å². The van der Waals surface area contributed by atoms with Crippen LogP contribution in [-0.4, -0.2) is 20.8 Å². The van der Waals surface area contributed by atoms with Gasteiger partial charge >= 0.3 is 0 Å². The van der Waals surface area contributed by atoms with Crippen LogP contribution in [0.2, 0.25) is 5.02 Å². The van der Waals surface area contributed by atoms with Crippen molar-refractivity contribution in [3.8, 4) is 0 Å². The number of aromatic nitrogens is 3. The molecule has 8 heteroatoms. The van der Waals surface area contributed by atoms with Gasteiger partial charge in [-0.2, -0.15) is 0 Å². The number of halogens is 1. The summed E-state index contributed by atoms with van der Waals surface area (Å²) >= 11 is 7.45. The molecule has 1 unspecified atom stereocenters. The minimum absolute atomic E-state index is 0.193. The molecule has 0 radical (unpaired) electrons. The van der Waals surface area contributed by atoms with Gasteiger partial charge in [-0.1, -0.05) is 80.5 Å². The number of hydrogen-bond acceptors (Lipinski definition) is 5. The first-order valence-corrected chi connectivity index (χ1v) is 10.4. The molecular formula is C21H24ClN5OS. The summed E-state index contributed by atoms with van der Waals surface area (Å²) in [6.07, 6.45) is 0. The molecule has 3 N–H and O–H groups in total. The van der Waals surface area contributed by atoms with E-state index in [0.29, 0.717) is 21.7 Å². The molecule has 0 fully saturated rings. The molecule has 152 valence electrons. The minimum Gasteiger partial charge on any atom is -0.336 e. The van der Waals surface area contributed by atoms with E-state index in [9.17, 15) is 4.79 Å². The SMILES string of the molecule is Cc1ccc(NC(=O)C(Sc2nnc(C(C)(C)C)n2N)c2ccccc2)cc1Cl. The summed E-state index contributed by atoms with van der Waals surface area (Å²) in [7, 11) is 0. The van der Waals surface area contributed by atoms with Crippen LogP contribution in [0.3, 0.4) is 0 Å². The van der Waals surface area contributed by atoms with E-state index in [-0.39, 0.29) is 11.3 Å². The Labute approximate surface area is 179 Å². The predicted molar refractivity (Wildman–Crippen MR) is 119 cm³/mol. The van der Waals surface area contributed by atoms with Crippen molar-refractivity contribution in [2.24, 2.45) is 0 Å². The van der Waals surface area contributed by atoms with E-state index in [1.807, 2.05) is 70.2 Å². The topological polar surface area (TPSA) is 85.8 Å². The zero-order chi connectivity index (χ0) is 21.2. The number of amides is 1. The van der Waals surface area contributed by atoms with E-state index in [0.717, 1.165) is 11.1 Å². The van der Waals surface area contributed by atoms with Crippen LogP contribution in [0.1, 0.15) is 43.0 Å². The van der Waals surface area contributed by atoms with Crippen LogP contribution in [0.15, 0.2) is 53.7 Å². The molecule has 0 saturated carbocycles. The van der Waals surface area contributed by atoms with Crippen LogP contribution in [0, 0.1) is 6.92 Å². The zero-order valence-electron chi connectivity index (χ0n) is 16.8. The number of nitrogens with zero attached hydrogens (tertiary/aromatic N) is 3. The highest BCUT2D eigenvalue weighted by atomic mass is 35.5. The van der Waals surface area contributed by atoms with Crippen LogP contribution in [0.4, 0.5) is 5.69 Å². The number of hydrogen-bond donors (Lipinski definition) is 2. The van der Waals surface area contributed by atoms with Gasteiger partial charge < -0.3 is 11.2 Å². The van der Waals surface area contributed by atoms with Gasteiger partial charge in [0.25, 0.3) is 0 Å². The van der Waals surface area contributed by atoms with Crippen LogP contribution in [-0.2, 0) is 10.2 Å². The molecule has 0 aliphatic heterocycles. The zero-order valence-corrected chi connectivity index (χ0v) is 18.4. The van der Waals surface area contributed by atoms with Crippen molar-refractivity contribution in [3.05, 3.63) is 70.5 Å². The lowest BCUT2D eigenvalue weighted by Crippen LogP contribution is -2.25. The standard InChI is InChI=1S/C21H24ClN5OS/c1-13-10-11-15(12-16(13)22)24-18(28)17(14-8-6-5-7-9-14)29-20-26-25-19(27(20)23)21(2,3)4/h5-12,17H,23H2,1-4H3,(H,24,28). The lowest BCUT2D eigenvalue weighted by atomic mass is 9.96. The maximum absolute atomic E-state index is 13.2. The van der Waals surface area contributed by atoms with Gasteiger partial charge in [-0.3, -0.25) is 4.79 Å². The Hall–Kier alpha value is -2.51. The van der Waals surface area contributed by atoms with Crippen molar-refractivity contribution in [1.29, 1.82) is 0 Å². The van der Waals surface area contributed by atoms with Gasteiger partial charge in [-0.15, -0.1) is 10.2 Å². The number of rotatable bonds is 5. The number of aryl methyl sites for hydroxylation is 1. The molecule has 1 amide bonds. The first-order valence-electron chi connectivity index (χ1n) is 9.16. The molecule has 1 heterocycles. The van der Waals surface area contributed by atoms with Gasteiger partial charge in [-0.25, -0.2) is 4.68 Å². The largest absolute Gasteiger partial charge is 0.336 e. The summed E-state index contributed by atoms with van der Waals surface area (Å²) in [5, 5.41) is 11.9. The molecule has 29 heavy (non-hydrogen) atoms. The van der Waals surface area contributed by atoms with Crippen molar-refractivity contribution in [3.63, 3.8) is 0 Å². The Morgan fingerprint density at radius 1 is 1.17 bits per heavy atom. The average molecular weight is 430 g/mol. The quantitative estimate of drug-likeness (QED) is 0.452. The number of benzene rings is 2. The molecule has 0 aliphatic rings. The van der Waals surface area contributed by atoms with Gasteiger partial charge in [0.15, 0.2) is 5.82 Å². The van der Waals surface area contributed by atoms with Crippen molar-refractivity contribution >= 4 is 35.0 Å². The van der Waals surface area contributed by atoms with E-state index in [2.05, 4.69) is 15.5 Å². The van der Waals surface area contributed by atoms with E-state index in [1.54, 1.807) is 6.07 Å². The van der Waals surface area contributed by atoms with Crippen LogP contribution >= 0.6 is 23.4 Å². The van der Waals surface area contributed by atoms with Crippen molar-refractivity contribution in [2.45, 2.75) is 43.5 Å². The summed E-state index contributed by atoms with van der Waals surface area (Å²) in [6.45, 7) is 7.95. The Bertz CT molecular complexity index is 1010. The molecule has 1 atom stereocenters. The highest BCUT2D eigenvalue weighted by Crippen LogP contribution is 2.36. The maximum atomic E-state index is 13.2.